The van der Waals surface area contributed by atoms with Crippen LogP contribution in [0.15, 0.2) is 261 Å². The van der Waals surface area contributed by atoms with Gasteiger partial charge in [0, 0.05) is 172 Å². The minimum Gasteiger partial charge on any atom is -0.497 e. The van der Waals surface area contributed by atoms with E-state index in [-0.39, 0.29) is 44.4 Å². The Morgan fingerprint density at radius 1 is 0.421 bits per heavy atom. The van der Waals surface area contributed by atoms with E-state index in [1.54, 1.807) is 63.8 Å². The van der Waals surface area contributed by atoms with E-state index in [9.17, 15) is 24.0 Å². The summed E-state index contributed by atoms with van der Waals surface area (Å²) in [5.74, 6) is 7.68. The number of allylic oxidation sites excluding steroid dienone is 6. The molecule has 0 bridgehead atoms. The molecule has 8 aromatic carbocycles. The van der Waals surface area contributed by atoms with Crippen molar-refractivity contribution in [3.63, 3.8) is 0 Å². The van der Waals surface area contributed by atoms with Crippen LogP contribution < -0.4 is 38.7 Å². The number of carbonyl (C=O) groups is 5. The highest BCUT2D eigenvalue weighted by atomic mass is 16.5. The van der Waals surface area contributed by atoms with Gasteiger partial charge in [0.05, 0.1) is 20.8 Å². The summed E-state index contributed by atoms with van der Waals surface area (Å²) < 4.78 is 22.3. The smallest absolute Gasteiger partial charge is 0.227 e. The number of para-hydroxylation sites is 5. The highest BCUT2D eigenvalue weighted by molar-refractivity contribution is 5.97. The summed E-state index contributed by atoms with van der Waals surface area (Å²) in [5, 5.41) is 3.91. The Balaban J connectivity index is 0.000000534. The Hall–Kier alpha value is -12.4. The number of hydrogen-bond donors (Lipinski definition) is 0. The third kappa shape index (κ3) is 42.3. The van der Waals surface area contributed by atoms with Crippen LogP contribution in [0, 0.1) is 41.4 Å². The zero-order chi connectivity index (χ0) is 103. The van der Waals surface area contributed by atoms with Gasteiger partial charge in [-0.1, -0.05) is 303 Å². The monoisotopic (exact) mass is 1910 g/mol. The van der Waals surface area contributed by atoms with Gasteiger partial charge in [-0.25, -0.2) is 0 Å². The Labute approximate surface area is 847 Å². The lowest BCUT2D eigenvalue weighted by atomic mass is 9.95. The lowest BCUT2D eigenvalue weighted by Gasteiger charge is -2.35. The highest BCUT2D eigenvalue weighted by Gasteiger charge is 2.29. The summed E-state index contributed by atoms with van der Waals surface area (Å²) in [5.41, 5.74) is 19.9. The molecule has 5 heterocycles. The predicted octanol–water partition coefficient (Wildman–Crippen LogP) is 31.9. The molecule has 0 radical (unpaired) electrons. The van der Waals surface area contributed by atoms with Gasteiger partial charge < -0.3 is 52.4 Å². The SMILES string of the molecule is C.C.C=C(/C=C/c1cn(C)c2ccccc12)CC(C)C.C=C(C)/C=C/c1c(C(C)C)n(C)c2ccccc12.C=C(C)/C=C/c1cn(C)c2ccccc12.CC(=O)N(C)c1ccc(OCC(C)C)cc1.CC(=O)N1c2ccccc2CCC1C.CC(C)C.CC(C)C.CC(C)CC(=O)N1c2ccccc2CCC1C.COc1ccc(N(C)C(=O)CC(C)C)cc1.COc1ccc(N(CC(C)C)C(C)=O)cc1. The first kappa shape index (κ1) is 124. The summed E-state index contributed by atoms with van der Waals surface area (Å²) in [6, 6.07) is 65.2. The van der Waals surface area contributed by atoms with Gasteiger partial charge in [0.25, 0.3) is 0 Å². The number of nitrogens with zero attached hydrogens (tertiary/aromatic N) is 8. The Kier molecular flexibility index (Phi) is 55.9. The molecule has 16 nitrogen and oxygen atoms in total. The molecule has 11 aromatic rings. The van der Waals surface area contributed by atoms with Gasteiger partial charge in [0.1, 0.15) is 17.2 Å². The van der Waals surface area contributed by atoms with Gasteiger partial charge in [0.2, 0.25) is 29.5 Å². The second-order valence-corrected chi connectivity index (χ2v) is 39.9. The van der Waals surface area contributed by atoms with Crippen LogP contribution in [0.25, 0.3) is 50.9 Å². The van der Waals surface area contributed by atoms with E-state index in [2.05, 4.69) is 319 Å². The molecule has 0 spiro atoms. The van der Waals surface area contributed by atoms with E-state index in [0.29, 0.717) is 67.0 Å². The average Bonchev–Trinajstić information content (AvgIpc) is 1.59. The van der Waals surface area contributed by atoms with Crippen molar-refractivity contribution in [1.29, 1.82) is 0 Å². The van der Waals surface area contributed by atoms with E-state index in [1.165, 1.54) is 71.8 Å². The third-order valence-electron chi connectivity index (χ3n) is 22.1. The number of carbonyl (C=O) groups excluding carboxylic acids is 5. The summed E-state index contributed by atoms with van der Waals surface area (Å²) in [4.78, 5) is 67.2. The molecule has 2 aliphatic heterocycles. The van der Waals surface area contributed by atoms with Crippen LogP contribution in [0.2, 0.25) is 0 Å². The maximum atomic E-state index is 12.3. The quantitative estimate of drug-likeness (QED) is 0.0576. The zero-order valence-corrected chi connectivity index (χ0v) is 90.2. The molecule has 2 aliphatic rings. The zero-order valence-electron chi connectivity index (χ0n) is 90.2. The second kappa shape index (κ2) is 63.3. The van der Waals surface area contributed by atoms with Crippen LogP contribution in [-0.2, 0) is 58.0 Å². The summed E-state index contributed by atoms with van der Waals surface area (Å²) in [6.07, 6.45) is 23.6. The molecule has 0 N–H and O–H groups in total. The normalized spacial score (nSPS) is 12.7. The van der Waals surface area contributed by atoms with Crippen molar-refractivity contribution in [2.75, 3.05) is 66.0 Å². The summed E-state index contributed by atoms with van der Waals surface area (Å²) in [7, 11) is 13.1. The topological polar surface area (TPSA) is 144 Å². The van der Waals surface area contributed by atoms with Crippen LogP contribution in [-0.4, -0.2) is 96.8 Å². The number of hydrogen-bond acceptors (Lipinski definition) is 8. The molecular formula is C124H178N8O8. The van der Waals surface area contributed by atoms with Crippen LogP contribution >= 0.6 is 0 Å². The fraction of sp³-hybridized carbons (Fsp3) is 0.427. The van der Waals surface area contributed by atoms with Crippen molar-refractivity contribution in [1.82, 2.24) is 13.7 Å². The Bertz CT molecular complexity index is 5680. The molecule has 5 amide bonds. The van der Waals surface area contributed by atoms with Crippen molar-refractivity contribution in [3.05, 3.63) is 295 Å². The number of anilines is 5. The molecule has 2 unspecified atom stereocenters. The highest BCUT2D eigenvalue weighted by Crippen LogP contribution is 2.36. The van der Waals surface area contributed by atoms with Crippen LogP contribution in [0.5, 0.6) is 17.2 Å². The number of rotatable bonds is 23. The second-order valence-electron chi connectivity index (χ2n) is 39.9. The van der Waals surface area contributed by atoms with E-state index >= 15 is 0 Å². The van der Waals surface area contributed by atoms with Crippen molar-refractivity contribution < 1.29 is 38.2 Å². The number of amides is 5. The summed E-state index contributed by atoms with van der Waals surface area (Å²) >= 11 is 0. The van der Waals surface area contributed by atoms with Gasteiger partial charge in [-0.15, -0.1) is 0 Å². The predicted molar refractivity (Wildman–Crippen MR) is 609 cm³/mol. The van der Waals surface area contributed by atoms with Crippen LogP contribution in [0.4, 0.5) is 28.4 Å². The lowest BCUT2D eigenvalue weighted by molar-refractivity contribution is -0.120. The Morgan fingerprint density at radius 2 is 0.800 bits per heavy atom. The average molecular weight is 1910 g/mol. The first-order valence-corrected chi connectivity index (χ1v) is 49.4. The molecule has 3 aromatic heterocycles. The van der Waals surface area contributed by atoms with E-state index in [4.69, 9.17) is 14.2 Å². The molecular weight excluding hydrogens is 1730 g/mol. The number of ether oxygens (including phenoxy) is 3. The molecule has 16 heteroatoms. The molecule has 2 atom stereocenters. The van der Waals surface area contributed by atoms with Crippen molar-refractivity contribution in [2.45, 2.75) is 251 Å². The first-order valence-electron chi connectivity index (χ1n) is 49.4. The Morgan fingerprint density at radius 3 is 1.20 bits per heavy atom. The van der Waals surface area contributed by atoms with Gasteiger partial charge in [-0.2, -0.15) is 0 Å². The minimum atomic E-state index is 0. The number of fused-ring (bicyclic) bond motifs is 5. The van der Waals surface area contributed by atoms with Gasteiger partial charge in [-0.05, 0) is 233 Å². The largest absolute Gasteiger partial charge is 0.497 e. The van der Waals surface area contributed by atoms with E-state index < -0.39 is 0 Å². The van der Waals surface area contributed by atoms with Crippen molar-refractivity contribution >= 4 is 109 Å². The molecule has 762 valence electrons. The van der Waals surface area contributed by atoms with Crippen molar-refractivity contribution in [3.8, 4) is 17.2 Å². The number of aryl methyl sites for hydroxylation is 5. The minimum absolute atomic E-state index is 0. The molecule has 0 saturated heterocycles. The maximum absolute atomic E-state index is 12.3. The van der Waals surface area contributed by atoms with Crippen molar-refractivity contribution in [2.24, 2.45) is 62.6 Å². The van der Waals surface area contributed by atoms with Gasteiger partial charge in [-0.3, -0.25) is 24.0 Å². The van der Waals surface area contributed by atoms with E-state index in [0.717, 1.165) is 107 Å². The molecule has 140 heavy (non-hydrogen) atoms. The molecule has 0 fully saturated rings. The lowest BCUT2D eigenvalue weighted by Crippen LogP contribution is -2.42. The number of methoxy groups -OCH3 is 2. The fourth-order valence-electron chi connectivity index (χ4n) is 15.5. The molecule has 0 aliphatic carbocycles. The summed E-state index contributed by atoms with van der Waals surface area (Å²) in [6.45, 7) is 65.0. The van der Waals surface area contributed by atoms with Crippen LogP contribution in [0.1, 0.15) is 259 Å². The maximum Gasteiger partial charge on any atom is 0.227 e. The van der Waals surface area contributed by atoms with Gasteiger partial charge >= 0.3 is 0 Å². The van der Waals surface area contributed by atoms with Crippen LogP contribution in [0.3, 0.4) is 0 Å². The first-order chi connectivity index (χ1) is 65.1. The van der Waals surface area contributed by atoms with Gasteiger partial charge in [0.15, 0.2) is 0 Å². The molecule has 0 saturated carbocycles. The number of aromatic nitrogens is 3. The fourth-order valence-corrected chi connectivity index (χ4v) is 15.5. The number of benzene rings is 8. The third-order valence-corrected chi connectivity index (χ3v) is 22.1. The van der Waals surface area contributed by atoms with E-state index in [1.807, 2.05) is 141 Å². The molecule has 13 rings (SSSR count). The standard InChI is InChI=1S/2C17H21N.C15H21NO.C14H15N.3C13H19NO2.C12H15NO.2C4H10.2CH4/c1-12(2)10-11-15-14-8-6-7-9-16(14)18(5)17(15)13(3)4;1-13(2)11-14(3)9-10-15-12-18(4)17-8-6-5-7-16(15)17;1-11(2)10-15(17)16-12(3)8-9-13-6-4-5-7-14(13)16;1-11(2)8-9-12-10-15(3)14-7-5-4-6-13(12)14;1-10(2)9-13(15)14(3)11-5-7-12(16-4)8-6-11;1-10(2)9-14(11(3)15)12-5-7-13(16-4)8-6-12;1-10(2)9-16-13-7-5-12(6-8-13)14(4)11(3)15;1-9-7-8-11-5-3-4-6-12(11)13(9)10(2)14;2*1-4(2)3;;/h6-11,13H,1H2,2-5H3;5-10,12-13H,3,11H2,1-2,4H3;4-7,11-12H,8-10H2,1-3H3;4-10H,1H2,2-3H3;3*5-8,10H,9H2,1-4H3;3-6,9H,7-8H2,1-2H3;2*4H,1-3H3;2*1H4/b11-10+;10-9+;;9-8+;;;;;;;;.